The zero-order valence-corrected chi connectivity index (χ0v) is 20.5. The van der Waals surface area contributed by atoms with Crippen molar-refractivity contribution in [3.05, 3.63) is 73.0 Å². The Morgan fingerprint density at radius 2 is 2.06 bits per heavy atom. The first-order valence-corrected chi connectivity index (χ1v) is 13.4. The van der Waals surface area contributed by atoms with Gasteiger partial charge >= 0.3 is 0 Å². The highest BCUT2D eigenvalue weighted by Crippen LogP contribution is 2.35. The number of carbonyl (C=O) groups is 1. The van der Waals surface area contributed by atoms with E-state index in [2.05, 4.69) is 10.5 Å². The summed E-state index contributed by atoms with van der Waals surface area (Å²) < 4.78 is 1.64. The number of amides is 1. The van der Waals surface area contributed by atoms with Gasteiger partial charge in [-0.2, -0.15) is 5.10 Å². The Bertz CT molecular complexity index is 1400. The third-order valence-corrected chi connectivity index (χ3v) is 8.66. The molecule has 33 heavy (non-hydrogen) atoms. The zero-order chi connectivity index (χ0) is 22.8. The Hall–Kier alpha value is -2.75. The molecule has 0 radical (unpaired) electrons. The molecule has 168 valence electrons. The number of aryl methyl sites for hydroxylation is 3. The lowest BCUT2D eigenvalue weighted by molar-refractivity contribution is -0.118. The quantitative estimate of drug-likeness (QED) is 0.178. The minimum absolute atomic E-state index is 0.0558. The second kappa shape index (κ2) is 9.62. The normalized spacial score (nSPS) is 13.5. The smallest absolute Gasteiger partial charge is 0.267 e. The SMILES string of the molecule is Cc1ccsc1C=NNC(=O)CSc1nc2sc3c(c2c(=O)n1-c1ccccc1)CCCC3. The molecule has 0 saturated heterocycles. The Morgan fingerprint density at radius 1 is 1.24 bits per heavy atom. The third kappa shape index (κ3) is 4.53. The molecule has 6 nitrogen and oxygen atoms in total. The topological polar surface area (TPSA) is 76.3 Å². The summed E-state index contributed by atoms with van der Waals surface area (Å²) >= 11 is 4.44. The van der Waals surface area contributed by atoms with Gasteiger partial charge < -0.3 is 0 Å². The van der Waals surface area contributed by atoms with Crippen molar-refractivity contribution in [3.63, 3.8) is 0 Å². The molecule has 1 aromatic carbocycles. The minimum atomic E-state index is -0.245. The number of thioether (sulfide) groups is 1. The summed E-state index contributed by atoms with van der Waals surface area (Å²) in [5.74, 6) is -0.138. The van der Waals surface area contributed by atoms with Crippen molar-refractivity contribution in [2.75, 3.05) is 5.75 Å². The fourth-order valence-corrected chi connectivity index (χ4v) is 6.82. The molecule has 3 heterocycles. The van der Waals surface area contributed by atoms with E-state index < -0.39 is 0 Å². The molecule has 1 N–H and O–H groups in total. The standard InChI is InChI=1S/C24H22N4O2S3/c1-15-11-12-31-19(15)13-25-27-20(29)14-32-24-26-22-21(17-9-5-6-10-18(17)33-22)23(30)28(24)16-7-3-2-4-8-16/h2-4,7-8,11-13H,5-6,9-10,14H2,1H3,(H,27,29). The molecule has 0 atom stereocenters. The maximum Gasteiger partial charge on any atom is 0.267 e. The van der Waals surface area contributed by atoms with Crippen molar-refractivity contribution < 1.29 is 4.79 Å². The molecule has 1 aliphatic rings. The van der Waals surface area contributed by atoms with Crippen LogP contribution in [0.4, 0.5) is 0 Å². The molecular weight excluding hydrogens is 472 g/mol. The van der Waals surface area contributed by atoms with Crippen LogP contribution in [0.15, 0.2) is 56.8 Å². The summed E-state index contributed by atoms with van der Waals surface area (Å²) in [7, 11) is 0. The monoisotopic (exact) mass is 494 g/mol. The lowest BCUT2D eigenvalue weighted by atomic mass is 9.97. The fourth-order valence-electron chi connectivity index (χ4n) is 3.93. The van der Waals surface area contributed by atoms with Crippen LogP contribution in [0.2, 0.25) is 0 Å². The molecule has 0 unspecified atom stereocenters. The van der Waals surface area contributed by atoms with Crippen molar-refractivity contribution in [1.29, 1.82) is 0 Å². The van der Waals surface area contributed by atoms with E-state index in [1.807, 2.05) is 48.7 Å². The number of carbonyl (C=O) groups excluding carboxylic acids is 1. The van der Waals surface area contributed by atoms with Crippen LogP contribution in [0.1, 0.15) is 33.7 Å². The minimum Gasteiger partial charge on any atom is -0.272 e. The highest BCUT2D eigenvalue weighted by Gasteiger charge is 2.23. The van der Waals surface area contributed by atoms with Gasteiger partial charge in [0.1, 0.15) is 4.83 Å². The number of rotatable bonds is 6. The van der Waals surface area contributed by atoms with Gasteiger partial charge in [0.05, 0.1) is 23.0 Å². The maximum absolute atomic E-state index is 13.7. The molecule has 1 aliphatic carbocycles. The van der Waals surface area contributed by atoms with Gasteiger partial charge in [-0.05, 0) is 67.3 Å². The van der Waals surface area contributed by atoms with E-state index in [0.717, 1.165) is 57.6 Å². The summed E-state index contributed by atoms with van der Waals surface area (Å²) in [6, 6.07) is 11.5. The van der Waals surface area contributed by atoms with Crippen LogP contribution < -0.4 is 11.0 Å². The molecule has 5 rings (SSSR count). The number of hydrogen-bond donors (Lipinski definition) is 1. The Labute approximate surface area is 203 Å². The fraction of sp³-hybridized carbons (Fsp3) is 0.250. The Balaban J connectivity index is 1.44. The van der Waals surface area contributed by atoms with Gasteiger partial charge in [0.2, 0.25) is 0 Å². The lowest BCUT2D eigenvalue weighted by Gasteiger charge is -2.13. The number of nitrogens with one attached hydrogen (secondary N) is 1. The van der Waals surface area contributed by atoms with Crippen LogP contribution in [0.25, 0.3) is 15.9 Å². The van der Waals surface area contributed by atoms with E-state index in [-0.39, 0.29) is 17.2 Å². The molecule has 0 aliphatic heterocycles. The van der Waals surface area contributed by atoms with Crippen LogP contribution in [-0.2, 0) is 17.6 Å². The van der Waals surface area contributed by atoms with E-state index in [1.165, 1.54) is 16.6 Å². The van der Waals surface area contributed by atoms with Crippen LogP contribution in [0.5, 0.6) is 0 Å². The molecule has 1 amide bonds. The highest BCUT2D eigenvalue weighted by atomic mass is 32.2. The average molecular weight is 495 g/mol. The predicted molar refractivity (Wildman–Crippen MR) is 137 cm³/mol. The third-order valence-electron chi connectivity index (χ3n) is 5.58. The van der Waals surface area contributed by atoms with Crippen molar-refractivity contribution in [2.24, 2.45) is 5.10 Å². The van der Waals surface area contributed by atoms with Crippen LogP contribution in [0.3, 0.4) is 0 Å². The molecule has 3 aromatic heterocycles. The number of hydrogen-bond acceptors (Lipinski definition) is 7. The molecule has 0 bridgehead atoms. The number of hydrazone groups is 1. The first kappa shape index (κ1) is 22.1. The van der Waals surface area contributed by atoms with Crippen molar-refractivity contribution in [2.45, 2.75) is 37.8 Å². The second-order valence-corrected chi connectivity index (χ2v) is 10.8. The second-order valence-electron chi connectivity index (χ2n) is 7.81. The summed E-state index contributed by atoms with van der Waals surface area (Å²) in [4.78, 5) is 34.0. The molecule has 9 heteroatoms. The van der Waals surface area contributed by atoms with Gasteiger partial charge in [-0.1, -0.05) is 30.0 Å². The summed E-state index contributed by atoms with van der Waals surface area (Å²) in [6.07, 6.45) is 5.85. The molecule has 4 aromatic rings. The van der Waals surface area contributed by atoms with E-state index in [0.29, 0.717) is 5.16 Å². The number of nitrogens with zero attached hydrogens (tertiary/aromatic N) is 3. The summed E-state index contributed by atoms with van der Waals surface area (Å²) in [5, 5.41) is 7.31. The van der Waals surface area contributed by atoms with Crippen LogP contribution in [-0.4, -0.2) is 27.4 Å². The number of fused-ring (bicyclic) bond motifs is 3. The van der Waals surface area contributed by atoms with Gasteiger partial charge in [0.15, 0.2) is 5.16 Å². The van der Waals surface area contributed by atoms with Gasteiger partial charge in [-0.15, -0.1) is 22.7 Å². The summed E-state index contributed by atoms with van der Waals surface area (Å²) in [5.41, 5.74) is 5.55. The molecular formula is C24H22N4O2S3. The van der Waals surface area contributed by atoms with E-state index in [4.69, 9.17) is 4.98 Å². The van der Waals surface area contributed by atoms with E-state index >= 15 is 0 Å². The van der Waals surface area contributed by atoms with Gasteiger partial charge in [0.25, 0.3) is 11.5 Å². The molecule has 0 fully saturated rings. The summed E-state index contributed by atoms with van der Waals surface area (Å²) in [6.45, 7) is 2.00. The molecule has 0 spiro atoms. The first-order chi connectivity index (χ1) is 16.1. The Morgan fingerprint density at radius 3 is 2.85 bits per heavy atom. The van der Waals surface area contributed by atoms with Crippen molar-refractivity contribution >= 4 is 56.8 Å². The zero-order valence-electron chi connectivity index (χ0n) is 18.0. The van der Waals surface area contributed by atoms with Crippen LogP contribution >= 0.6 is 34.4 Å². The number of benzene rings is 1. The van der Waals surface area contributed by atoms with E-state index in [1.54, 1.807) is 33.5 Å². The predicted octanol–water partition coefficient (Wildman–Crippen LogP) is 4.94. The van der Waals surface area contributed by atoms with Gasteiger partial charge in [0, 0.05) is 9.75 Å². The molecule has 0 saturated carbocycles. The highest BCUT2D eigenvalue weighted by molar-refractivity contribution is 7.99. The van der Waals surface area contributed by atoms with Crippen molar-refractivity contribution in [3.8, 4) is 5.69 Å². The largest absolute Gasteiger partial charge is 0.272 e. The first-order valence-electron chi connectivity index (χ1n) is 10.7. The maximum atomic E-state index is 13.7. The van der Waals surface area contributed by atoms with E-state index in [9.17, 15) is 9.59 Å². The average Bonchev–Trinajstić information content (AvgIpc) is 3.41. The van der Waals surface area contributed by atoms with Gasteiger partial charge in [-0.25, -0.2) is 10.4 Å². The van der Waals surface area contributed by atoms with Crippen LogP contribution in [0, 0.1) is 6.92 Å². The van der Waals surface area contributed by atoms with Gasteiger partial charge in [-0.3, -0.25) is 14.2 Å². The number of para-hydroxylation sites is 1. The number of thiophene rings is 2. The lowest BCUT2D eigenvalue weighted by Crippen LogP contribution is -2.24. The number of aromatic nitrogens is 2. The Kier molecular flexibility index (Phi) is 6.43. The van der Waals surface area contributed by atoms with Crippen molar-refractivity contribution in [1.82, 2.24) is 15.0 Å².